The van der Waals surface area contributed by atoms with Crippen molar-refractivity contribution in [2.75, 3.05) is 26.7 Å². The van der Waals surface area contributed by atoms with Crippen LogP contribution < -0.4 is 16.4 Å². The van der Waals surface area contributed by atoms with Crippen LogP contribution in [0.25, 0.3) is 0 Å². The van der Waals surface area contributed by atoms with Crippen LogP contribution in [0.2, 0.25) is 0 Å². The van der Waals surface area contributed by atoms with E-state index in [-0.39, 0.29) is 35.8 Å². The zero-order chi connectivity index (χ0) is 18.8. The second kappa shape index (κ2) is 12.9. The van der Waals surface area contributed by atoms with E-state index < -0.39 is 0 Å². The van der Waals surface area contributed by atoms with Gasteiger partial charge in [-0.25, -0.2) is 0 Å². The molecule has 27 heavy (non-hydrogen) atoms. The number of likely N-dealkylation sites (tertiary alicyclic amines) is 1. The first kappa shape index (κ1) is 23.7. The number of benzene rings is 1. The summed E-state index contributed by atoms with van der Waals surface area (Å²) in [5.74, 6) is 0.657. The molecule has 0 aromatic heterocycles. The fourth-order valence-corrected chi connectivity index (χ4v) is 3.32. The number of nitrogens with one attached hydrogen (secondary N) is 2. The maximum atomic E-state index is 11.4. The first-order valence-electron chi connectivity index (χ1n) is 9.66. The van der Waals surface area contributed by atoms with Gasteiger partial charge in [-0.05, 0) is 36.9 Å². The summed E-state index contributed by atoms with van der Waals surface area (Å²) in [6.07, 6.45) is 4.26. The number of nitrogens with two attached hydrogens (primary N) is 1. The Morgan fingerprint density at radius 1 is 1.33 bits per heavy atom. The third kappa shape index (κ3) is 8.47. The number of halogens is 1. The number of nitrogens with zero attached hydrogens (tertiary/aromatic N) is 2. The van der Waals surface area contributed by atoms with Crippen molar-refractivity contribution in [3.8, 4) is 0 Å². The summed E-state index contributed by atoms with van der Waals surface area (Å²) in [6.45, 7) is 6.51. The van der Waals surface area contributed by atoms with Gasteiger partial charge in [-0.2, -0.15) is 0 Å². The van der Waals surface area contributed by atoms with Gasteiger partial charge in [-0.15, -0.1) is 24.0 Å². The van der Waals surface area contributed by atoms with Crippen LogP contribution in [0, 0.1) is 5.92 Å². The van der Waals surface area contributed by atoms with E-state index in [9.17, 15) is 4.79 Å². The van der Waals surface area contributed by atoms with Crippen molar-refractivity contribution in [3.05, 3.63) is 35.4 Å². The summed E-state index contributed by atoms with van der Waals surface area (Å²) in [6, 6.07) is 8.58. The largest absolute Gasteiger partial charge is 0.369 e. The van der Waals surface area contributed by atoms with Crippen molar-refractivity contribution in [2.24, 2.45) is 16.6 Å². The summed E-state index contributed by atoms with van der Waals surface area (Å²) >= 11 is 0. The van der Waals surface area contributed by atoms with Crippen LogP contribution in [0.15, 0.2) is 29.3 Å². The molecule has 1 saturated heterocycles. The van der Waals surface area contributed by atoms with Crippen LogP contribution in [0.5, 0.6) is 0 Å². The summed E-state index contributed by atoms with van der Waals surface area (Å²) in [5.41, 5.74) is 7.97. The van der Waals surface area contributed by atoms with E-state index >= 15 is 0 Å². The summed E-state index contributed by atoms with van der Waals surface area (Å²) in [7, 11) is 1.79. The molecular weight excluding hydrogens is 453 g/mol. The molecule has 0 radical (unpaired) electrons. The Bertz CT molecular complexity index is 608. The van der Waals surface area contributed by atoms with Gasteiger partial charge in [0.15, 0.2) is 5.96 Å². The van der Waals surface area contributed by atoms with Crippen molar-refractivity contribution in [1.29, 1.82) is 0 Å². The van der Waals surface area contributed by atoms with Crippen molar-refractivity contribution in [2.45, 2.75) is 45.7 Å². The van der Waals surface area contributed by atoms with Crippen molar-refractivity contribution < 1.29 is 4.79 Å². The number of piperidine rings is 1. The molecule has 1 atom stereocenters. The highest BCUT2D eigenvalue weighted by Crippen LogP contribution is 2.18. The summed E-state index contributed by atoms with van der Waals surface area (Å²) in [5, 5.41) is 6.68. The zero-order valence-electron chi connectivity index (χ0n) is 16.5. The fourth-order valence-electron chi connectivity index (χ4n) is 3.32. The Morgan fingerprint density at radius 2 is 2.11 bits per heavy atom. The minimum atomic E-state index is -0.172. The average Bonchev–Trinajstić information content (AvgIpc) is 2.65. The van der Waals surface area contributed by atoms with Gasteiger partial charge in [0.05, 0.1) is 5.92 Å². The lowest BCUT2D eigenvalue weighted by Crippen LogP contribution is -2.40. The number of guanidine groups is 1. The van der Waals surface area contributed by atoms with E-state index in [2.05, 4.69) is 51.7 Å². The number of aliphatic imine (C=N–C) groups is 1. The minimum absolute atomic E-state index is 0. The lowest BCUT2D eigenvalue weighted by Gasteiger charge is -2.31. The number of primary amides is 1. The fraction of sp³-hybridized carbons (Fsp3) is 0.600. The van der Waals surface area contributed by atoms with Gasteiger partial charge in [0, 0.05) is 33.2 Å². The van der Waals surface area contributed by atoms with Crippen LogP contribution in [0.3, 0.4) is 0 Å². The van der Waals surface area contributed by atoms with Crippen LogP contribution >= 0.6 is 24.0 Å². The highest BCUT2D eigenvalue weighted by Gasteiger charge is 2.23. The molecule has 1 aliphatic rings. The van der Waals surface area contributed by atoms with E-state index in [1.54, 1.807) is 7.05 Å². The predicted octanol–water partition coefficient (Wildman–Crippen LogP) is 2.47. The average molecular weight is 487 g/mol. The Balaban J connectivity index is 0.00000364. The number of amides is 1. The lowest BCUT2D eigenvalue weighted by molar-refractivity contribution is -0.123. The normalized spacial score (nSPS) is 17.9. The van der Waals surface area contributed by atoms with E-state index in [0.29, 0.717) is 0 Å². The van der Waals surface area contributed by atoms with Crippen molar-refractivity contribution in [1.82, 2.24) is 15.5 Å². The first-order chi connectivity index (χ1) is 12.6. The maximum Gasteiger partial charge on any atom is 0.221 e. The summed E-state index contributed by atoms with van der Waals surface area (Å²) in [4.78, 5) is 18.0. The molecule has 1 aromatic carbocycles. The first-order valence-corrected chi connectivity index (χ1v) is 9.66. The molecule has 1 heterocycles. The van der Waals surface area contributed by atoms with Crippen LogP contribution in [0.1, 0.15) is 43.7 Å². The second-order valence-electron chi connectivity index (χ2n) is 7.00. The third-order valence-electron chi connectivity index (χ3n) is 4.81. The summed E-state index contributed by atoms with van der Waals surface area (Å²) < 4.78 is 0. The van der Waals surface area contributed by atoms with E-state index in [1.807, 2.05) is 0 Å². The quantitative estimate of drug-likeness (QED) is 0.228. The molecule has 1 amide bonds. The van der Waals surface area contributed by atoms with Gasteiger partial charge >= 0.3 is 0 Å². The number of carbonyl (C=O) groups excluding carboxylic acids is 1. The van der Waals surface area contributed by atoms with E-state index in [1.165, 1.54) is 17.5 Å². The topological polar surface area (TPSA) is 82.8 Å². The second-order valence-corrected chi connectivity index (χ2v) is 7.00. The molecule has 152 valence electrons. The number of hydrogen-bond acceptors (Lipinski definition) is 3. The molecule has 7 heteroatoms. The van der Waals surface area contributed by atoms with Crippen LogP contribution in [0.4, 0.5) is 0 Å². The molecule has 1 fully saturated rings. The monoisotopic (exact) mass is 487 g/mol. The lowest BCUT2D eigenvalue weighted by atomic mass is 9.97. The van der Waals surface area contributed by atoms with Gasteiger partial charge in [0.25, 0.3) is 0 Å². The van der Waals surface area contributed by atoms with Gasteiger partial charge in [-0.1, -0.05) is 37.6 Å². The van der Waals surface area contributed by atoms with Crippen molar-refractivity contribution in [3.63, 3.8) is 0 Å². The standard InChI is InChI=1S/C20H33N5O.HI/c1-3-4-10-23-20(22-2)24-13-16-7-5-8-17(12-16)14-25-11-6-9-18(15-25)19(21)26;/h5,7-8,12,18H,3-4,6,9-11,13-15H2,1-2H3,(H2,21,26)(H2,22,23,24);1H. The van der Waals surface area contributed by atoms with Gasteiger partial charge in [0.1, 0.15) is 0 Å². The molecule has 2 rings (SSSR count). The highest BCUT2D eigenvalue weighted by molar-refractivity contribution is 14.0. The Labute approximate surface area is 180 Å². The predicted molar refractivity (Wildman–Crippen MR) is 122 cm³/mol. The highest BCUT2D eigenvalue weighted by atomic mass is 127. The Morgan fingerprint density at radius 3 is 2.81 bits per heavy atom. The number of unbranched alkanes of at least 4 members (excludes halogenated alkanes) is 1. The minimum Gasteiger partial charge on any atom is -0.369 e. The molecule has 4 N–H and O–H groups in total. The zero-order valence-corrected chi connectivity index (χ0v) is 18.9. The van der Waals surface area contributed by atoms with E-state index in [0.717, 1.165) is 57.9 Å². The smallest absolute Gasteiger partial charge is 0.221 e. The SMILES string of the molecule is CCCCNC(=NC)NCc1cccc(CN2CCCC(C(N)=O)C2)c1.I. The van der Waals surface area contributed by atoms with Gasteiger partial charge in [-0.3, -0.25) is 14.7 Å². The molecule has 0 bridgehead atoms. The molecular formula is C20H34IN5O. The molecule has 0 spiro atoms. The molecule has 1 aromatic rings. The number of carbonyl (C=O) groups is 1. The third-order valence-corrected chi connectivity index (χ3v) is 4.81. The van der Waals surface area contributed by atoms with Gasteiger partial charge < -0.3 is 16.4 Å². The number of hydrogen-bond donors (Lipinski definition) is 3. The Kier molecular flexibility index (Phi) is 11.3. The maximum absolute atomic E-state index is 11.4. The molecule has 0 saturated carbocycles. The Hall–Kier alpha value is -1.35. The van der Waals surface area contributed by atoms with Crippen molar-refractivity contribution >= 4 is 35.8 Å². The van der Waals surface area contributed by atoms with E-state index in [4.69, 9.17) is 5.73 Å². The van der Waals surface area contributed by atoms with Gasteiger partial charge in [0.2, 0.25) is 5.91 Å². The number of rotatable bonds is 8. The van der Waals surface area contributed by atoms with Crippen LogP contribution in [-0.2, 0) is 17.9 Å². The molecule has 0 aliphatic carbocycles. The molecule has 1 unspecified atom stereocenters. The molecule has 1 aliphatic heterocycles. The molecule has 6 nitrogen and oxygen atoms in total. The van der Waals surface area contributed by atoms with Crippen LogP contribution in [-0.4, -0.2) is 43.4 Å².